The first-order valence-corrected chi connectivity index (χ1v) is 11.2. The van der Waals surface area contributed by atoms with E-state index in [0.29, 0.717) is 18.5 Å². The van der Waals surface area contributed by atoms with Crippen LogP contribution in [0.4, 0.5) is 11.4 Å². The fourth-order valence-corrected chi connectivity index (χ4v) is 4.41. The predicted molar refractivity (Wildman–Crippen MR) is 121 cm³/mol. The number of carbonyl (C=O) groups is 2. The maximum Gasteiger partial charge on any atom is 0.256 e. The fourth-order valence-electron chi connectivity index (χ4n) is 4.41. The SMILES string of the molecule is O=C(CCc1ccccc1)Nc1ccc(N2CCCC2)c(C(=O)N2CCCCC2)c1. The van der Waals surface area contributed by atoms with Crippen LogP contribution in [0.25, 0.3) is 0 Å². The van der Waals surface area contributed by atoms with Crippen LogP contribution in [0.5, 0.6) is 0 Å². The molecular formula is C25H31N3O2. The molecule has 0 spiro atoms. The van der Waals surface area contributed by atoms with Gasteiger partial charge in [-0.15, -0.1) is 0 Å². The van der Waals surface area contributed by atoms with Crippen molar-refractivity contribution in [3.63, 3.8) is 0 Å². The predicted octanol–water partition coefficient (Wildman–Crippen LogP) is 4.48. The standard InChI is InChI=1S/C25H31N3O2/c29-24(14-11-20-9-3-1-4-10-20)26-21-12-13-23(27-15-7-8-16-27)22(19-21)25(30)28-17-5-2-6-18-28/h1,3-4,9-10,12-13,19H,2,5-8,11,14-18H2,(H,26,29). The molecule has 2 fully saturated rings. The van der Waals surface area contributed by atoms with Gasteiger partial charge in [0.05, 0.1) is 5.56 Å². The molecule has 2 aliphatic heterocycles. The molecule has 1 N–H and O–H groups in total. The van der Waals surface area contributed by atoms with E-state index in [-0.39, 0.29) is 11.8 Å². The van der Waals surface area contributed by atoms with Gasteiger partial charge in [-0.05, 0) is 62.3 Å². The van der Waals surface area contributed by atoms with Gasteiger partial charge in [-0.2, -0.15) is 0 Å². The molecule has 5 nitrogen and oxygen atoms in total. The van der Waals surface area contributed by atoms with Crippen LogP contribution >= 0.6 is 0 Å². The lowest BCUT2D eigenvalue weighted by molar-refractivity contribution is -0.116. The van der Waals surface area contributed by atoms with E-state index < -0.39 is 0 Å². The third kappa shape index (κ3) is 5.02. The molecule has 2 aliphatic rings. The van der Waals surface area contributed by atoms with Crippen molar-refractivity contribution in [2.75, 3.05) is 36.4 Å². The molecule has 2 heterocycles. The van der Waals surface area contributed by atoms with Gasteiger partial charge in [0.1, 0.15) is 0 Å². The Morgan fingerprint density at radius 1 is 0.833 bits per heavy atom. The molecule has 2 aromatic rings. The summed E-state index contributed by atoms with van der Waals surface area (Å²) in [4.78, 5) is 30.1. The highest BCUT2D eigenvalue weighted by Gasteiger charge is 2.25. The first-order chi connectivity index (χ1) is 14.7. The third-order valence-electron chi connectivity index (χ3n) is 6.08. The summed E-state index contributed by atoms with van der Waals surface area (Å²) in [6.45, 7) is 3.63. The maximum atomic E-state index is 13.3. The number of hydrogen-bond acceptors (Lipinski definition) is 3. The van der Waals surface area contributed by atoms with Crippen LogP contribution in [0.2, 0.25) is 0 Å². The smallest absolute Gasteiger partial charge is 0.256 e. The number of aryl methyl sites for hydroxylation is 1. The van der Waals surface area contributed by atoms with E-state index >= 15 is 0 Å². The monoisotopic (exact) mass is 405 g/mol. The normalized spacial score (nSPS) is 16.5. The highest BCUT2D eigenvalue weighted by molar-refractivity contribution is 6.02. The van der Waals surface area contributed by atoms with Crippen molar-refractivity contribution < 1.29 is 9.59 Å². The first kappa shape index (κ1) is 20.5. The summed E-state index contributed by atoms with van der Waals surface area (Å²) < 4.78 is 0. The Bertz CT molecular complexity index is 869. The number of amides is 2. The molecule has 30 heavy (non-hydrogen) atoms. The van der Waals surface area contributed by atoms with Crippen molar-refractivity contribution in [2.24, 2.45) is 0 Å². The van der Waals surface area contributed by atoms with Crippen molar-refractivity contribution in [3.05, 3.63) is 59.7 Å². The Labute approximate surface area is 179 Å². The minimum absolute atomic E-state index is 0.0239. The molecule has 0 radical (unpaired) electrons. The van der Waals surface area contributed by atoms with Crippen LogP contribution < -0.4 is 10.2 Å². The molecule has 0 saturated carbocycles. The van der Waals surface area contributed by atoms with Crippen LogP contribution in [-0.4, -0.2) is 42.9 Å². The lowest BCUT2D eigenvalue weighted by atomic mass is 10.1. The number of likely N-dealkylation sites (tertiary alicyclic amines) is 1. The Kier molecular flexibility index (Phi) is 6.67. The van der Waals surface area contributed by atoms with Crippen LogP contribution in [0, 0.1) is 0 Å². The van der Waals surface area contributed by atoms with Gasteiger partial charge in [0.15, 0.2) is 0 Å². The summed E-state index contributed by atoms with van der Waals surface area (Å²) in [6.07, 6.45) is 6.79. The molecule has 0 bridgehead atoms. The second-order valence-corrected chi connectivity index (χ2v) is 8.31. The van der Waals surface area contributed by atoms with E-state index in [2.05, 4.69) is 10.2 Å². The molecule has 0 unspecified atom stereocenters. The molecule has 158 valence electrons. The van der Waals surface area contributed by atoms with E-state index in [0.717, 1.165) is 68.7 Å². The molecule has 2 amide bonds. The zero-order chi connectivity index (χ0) is 20.8. The number of hydrogen-bond donors (Lipinski definition) is 1. The minimum atomic E-state index is -0.0239. The quantitative estimate of drug-likeness (QED) is 0.771. The number of carbonyl (C=O) groups excluding carboxylic acids is 2. The van der Waals surface area contributed by atoms with Crippen LogP contribution in [-0.2, 0) is 11.2 Å². The van der Waals surface area contributed by atoms with E-state index in [9.17, 15) is 9.59 Å². The van der Waals surface area contributed by atoms with Crippen molar-refractivity contribution in [2.45, 2.75) is 44.9 Å². The zero-order valence-corrected chi connectivity index (χ0v) is 17.6. The second-order valence-electron chi connectivity index (χ2n) is 8.31. The van der Waals surface area contributed by atoms with Crippen molar-refractivity contribution in [3.8, 4) is 0 Å². The Morgan fingerprint density at radius 2 is 1.53 bits per heavy atom. The van der Waals surface area contributed by atoms with Crippen LogP contribution in [0.3, 0.4) is 0 Å². The number of nitrogens with zero attached hydrogens (tertiary/aromatic N) is 2. The average Bonchev–Trinajstić information content (AvgIpc) is 3.33. The Balaban J connectivity index is 1.49. The van der Waals surface area contributed by atoms with E-state index in [1.54, 1.807) is 0 Å². The van der Waals surface area contributed by atoms with E-state index in [1.807, 2.05) is 53.4 Å². The Morgan fingerprint density at radius 3 is 2.27 bits per heavy atom. The molecular weight excluding hydrogens is 374 g/mol. The van der Waals surface area contributed by atoms with Gasteiger partial charge in [-0.25, -0.2) is 0 Å². The van der Waals surface area contributed by atoms with Gasteiger partial charge in [0.25, 0.3) is 5.91 Å². The number of rotatable bonds is 6. The molecule has 0 aromatic heterocycles. The first-order valence-electron chi connectivity index (χ1n) is 11.2. The summed E-state index contributed by atoms with van der Waals surface area (Å²) >= 11 is 0. The minimum Gasteiger partial charge on any atom is -0.371 e. The summed E-state index contributed by atoms with van der Waals surface area (Å²) in [5, 5.41) is 3.00. The van der Waals surface area contributed by atoms with Crippen molar-refractivity contribution in [1.29, 1.82) is 0 Å². The molecule has 0 atom stereocenters. The largest absolute Gasteiger partial charge is 0.371 e. The highest BCUT2D eigenvalue weighted by atomic mass is 16.2. The Hall–Kier alpha value is -2.82. The van der Waals surface area contributed by atoms with Gasteiger partial charge in [0.2, 0.25) is 5.91 Å². The molecule has 2 saturated heterocycles. The fraction of sp³-hybridized carbons (Fsp3) is 0.440. The van der Waals surface area contributed by atoms with E-state index in [1.165, 1.54) is 6.42 Å². The second kappa shape index (κ2) is 9.79. The summed E-state index contributed by atoms with van der Waals surface area (Å²) in [6, 6.07) is 15.8. The van der Waals surface area contributed by atoms with Gasteiger partial charge in [-0.3, -0.25) is 9.59 Å². The third-order valence-corrected chi connectivity index (χ3v) is 6.08. The number of benzene rings is 2. The number of piperidine rings is 1. The number of anilines is 2. The summed E-state index contributed by atoms with van der Waals surface area (Å²) in [7, 11) is 0. The molecule has 2 aromatic carbocycles. The number of nitrogens with one attached hydrogen (secondary N) is 1. The molecule has 4 rings (SSSR count). The topological polar surface area (TPSA) is 52.7 Å². The lowest BCUT2D eigenvalue weighted by Gasteiger charge is -2.29. The van der Waals surface area contributed by atoms with Crippen molar-refractivity contribution >= 4 is 23.2 Å². The van der Waals surface area contributed by atoms with Crippen LogP contribution in [0.15, 0.2) is 48.5 Å². The van der Waals surface area contributed by atoms with Crippen LogP contribution in [0.1, 0.15) is 54.4 Å². The summed E-state index contributed by atoms with van der Waals surface area (Å²) in [5.74, 6) is 0.0705. The van der Waals surface area contributed by atoms with Crippen molar-refractivity contribution in [1.82, 2.24) is 4.90 Å². The molecule has 0 aliphatic carbocycles. The molecule has 5 heteroatoms. The lowest BCUT2D eigenvalue weighted by Crippen LogP contribution is -2.36. The van der Waals surface area contributed by atoms with Gasteiger partial charge in [-0.1, -0.05) is 30.3 Å². The van der Waals surface area contributed by atoms with Gasteiger partial charge < -0.3 is 15.1 Å². The maximum absolute atomic E-state index is 13.3. The zero-order valence-electron chi connectivity index (χ0n) is 17.6. The van der Waals surface area contributed by atoms with E-state index in [4.69, 9.17) is 0 Å². The highest BCUT2D eigenvalue weighted by Crippen LogP contribution is 2.29. The van der Waals surface area contributed by atoms with Gasteiger partial charge in [0, 0.05) is 44.0 Å². The van der Waals surface area contributed by atoms with Gasteiger partial charge >= 0.3 is 0 Å². The average molecular weight is 406 g/mol. The summed E-state index contributed by atoms with van der Waals surface area (Å²) in [5.41, 5.74) is 3.58.